The van der Waals surface area contributed by atoms with Gasteiger partial charge in [-0.1, -0.05) is 26.0 Å². The zero-order chi connectivity index (χ0) is 14.9. The second-order valence-electron chi connectivity index (χ2n) is 4.86. The molecule has 1 aromatic carbocycles. The molecule has 1 heterocycles. The minimum atomic E-state index is -0.933. The highest BCUT2D eigenvalue weighted by molar-refractivity contribution is 5.71. The predicted octanol–water partition coefficient (Wildman–Crippen LogP) is 3.72. The Labute approximate surface area is 116 Å². The van der Waals surface area contributed by atoms with E-state index in [1.165, 1.54) is 12.1 Å². The van der Waals surface area contributed by atoms with Crippen molar-refractivity contribution in [3.63, 3.8) is 0 Å². The van der Waals surface area contributed by atoms with Crippen LogP contribution in [0, 0.1) is 11.6 Å². The van der Waals surface area contributed by atoms with Crippen LogP contribution in [-0.4, -0.2) is 9.55 Å². The summed E-state index contributed by atoms with van der Waals surface area (Å²) in [5, 5.41) is 0. The molecule has 0 radical (unpaired) electrons. The zero-order valence-corrected chi connectivity index (χ0v) is 11.5. The average Bonchev–Trinajstić information content (AvgIpc) is 2.72. The molecular formula is C15H17F2N3. The molecule has 0 aliphatic heterocycles. The van der Waals surface area contributed by atoms with Crippen LogP contribution in [0.1, 0.15) is 25.6 Å². The molecule has 0 aliphatic rings. The summed E-state index contributed by atoms with van der Waals surface area (Å²) in [4.78, 5) is 4.38. The number of nitrogens with two attached hydrogens (primary N) is 1. The third kappa shape index (κ3) is 2.31. The predicted molar refractivity (Wildman–Crippen MR) is 76.3 cm³/mol. The summed E-state index contributed by atoms with van der Waals surface area (Å²) in [6, 6.07) is 3.98. The van der Waals surface area contributed by atoms with Crippen LogP contribution in [0.2, 0.25) is 0 Å². The number of rotatable bonds is 4. The fourth-order valence-electron chi connectivity index (χ4n) is 2.13. The van der Waals surface area contributed by atoms with Crippen molar-refractivity contribution in [3.05, 3.63) is 48.3 Å². The largest absolute Gasteiger partial charge is 0.383 e. The second-order valence-corrected chi connectivity index (χ2v) is 4.86. The summed E-state index contributed by atoms with van der Waals surface area (Å²) < 4.78 is 29.0. The molecule has 0 amide bonds. The van der Waals surface area contributed by atoms with Crippen molar-refractivity contribution in [1.29, 1.82) is 0 Å². The summed E-state index contributed by atoms with van der Waals surface area (Å²) >= 11 is 0. The molecule has 0 saturated carbocycles. The van der Waals surface area contributed by atoms with Crippen molar-refractivity contribution in [2.75, 3.05) is 5.73 Å². The number of hydrogen-bond donors (Lipinski definition) is 1. The van der Waals surface area contributed by atoms with E-state index >= 15 is 0 Å². The number of allylic oxidation sites excluding steroid dienone is 1. The fourth-order valence-corrected chi connectivity index (χ4v) is 2.13. The maximum Gasteiger partial charge on any atom is 0.168 e. The Balaban J connectivity index is 2.66. The number of hydrogen-bond acceptors (Lipinski definition) is 2. The first kappa shape index (κ1) is 14.2. The molecule has 3 nitrogen and oxygen atoms in total. The Bertz CT molecular complexity index is 645. The monoisotopic (exact) mass is 277 g/mol. The van der Waals surface area contributed by atoms with Gasteiger partial charge < -0.3 is 10.3 Å². The van der Waals surface area contributed by atoms with Gasteiger partial charge in [0.15, 0.2) is 11.6 Å². The molecule has 2 N–H and O–H groups in total. The van der Waals surface area contributed by atoms with E-state index in [0.717, 1.165) is 11.9 Å². The number of nitrogen functional groups attached to an aromatic ring is 1. The number of anilines is 1. The number of halogens is 2. The van der Waals surface area contributed by atoms with Crippen molar-refractivity contribution in [1.82, 2.24) is 9.55 Å². The maximum atomic E-state index is 13.9. The highest BCUT2D eigenvalue weighted by Crippen LogP contribution is 2.31. The van der Waals surface area contributed by atoms with E-state index < -0.39 is 11.6 Å². The third-order valence-electron chi connectivity index (χ3n) is 3.07. The van der Waals surface area contributed by atoms with Crippen LogP contribution >= 0.6 is 0 Å². The van der Waals surface area contributed by atoms with E-state index in [1.807, 2.05) is 13.8 Å². The van der Waals surface area contributed by atoms with Gasteiger partial charge in [0.25, 0.3) is 0 Å². The minimum absolute atomic E-state index is 0.0761. The van der Waals surface area contributed by atoms with Crippen LogP contribution in [0.3, 0.4) is 0 Å². The molecule has 0 saturated heterocycles. The lowest BCUT2D eigenvalue weighted by molar-refractivity contribution is 0.511. The molecule has 0 spiro atoms. The summed E-state index contributed by atoms with van der Waals surface area (Å²) in [7, 11) is 0. The van der Waals surface area contributed by atoms with Crippen molar-refractivity contribution >= 4 is 5.82 Å². The first-order valence-electron chi connectivity index (χ1n) is 6.38. The first-order valence-corrected chi connectivity index (χ1v) is 6.38. The normalized spacial score (nSPS) is 11.1. The average molecular weight is 277 g/mol. The van der Waals surface area contributed by atoms with Crippen LogP contribution < -0.4 is 5.73 Å². The molecule has 0 bridgehead atoms. The number of benzene rings is 1. The molecule has 2 aromatic rings. The second kappa shape index (κ2) is 5.45. The maximum absolute atomic E-state index is 13.9. The lowest BCUT2D eigenvalue weighted by Gasteiger charge is -2.09. The molecule has 20 heavy (non-hydrogen) atoms. The van der Waals surface area contributed by atoms with Gasteiger partial charge >= 0.3 is 0 Å². The summed E-state index contributed by atoms with van der Waals surface area (Å²) in [6.45, 7) is 8.08. The minimum Gasteiger partial charge on any atom is -0.383 e. The van der Waals surface area contributed by atoms with E-state index in [1.54, 1.807) is 10.6 Å². The smallest absolute Gasteiger partial charge is 0.168 e. The number of aromatic nitrogens is 2. The molecule has 2 rings (SSSR count). The third-order valence-corrected chi connectivity index (χ3v) is 3.07. The van der Waals surface area contributed by atoms with Crippen LogP contribution in [-0.2, 0) is 6.54 Å². The SMILES string of the molecule is C=CCn1c(C(C)C)nc(-c2cccc(F)c2F)c1N. The Hall–Kier alpha value is -2.17. The van der Waals surface area contributed by atoms with Crippen molar-refractivity contribution in [2.45, 2.75) is 26.3 Å². The lowest BCUT2D eigenvalue weighted by Crippen LogP contribution is -2.07. The van der Waals surface area contributed by atoms with Crippen molar-refractivity contribution < 1.29 is 8.78 Å². The molecule has 0 fully saturated rings. The van der Waals surface area contributed by atoms with E-state index in [9.17, 15) is 8.78 Å². The first-order chi connectivity index (χ1) is 9.47. The Morgan fingerprint density at radius 1 is 1.40 bits per heavy atom. The Morgan fingerprint density at radius 3 is 2.70 bits per heavy atom. The van der Waals surface area contributed by atoms with Crippen LogP contribution in [0.4, 0.5) is 14.6 Å². The number of nitrogens with zero attached hydrogens (tertiary/aromatic N) is 2. The Kier molecular flexibility index (Phi) is 3.88. The lowest BCUT2D eigenvalue weighted by atomic mass is 10.1. The molecule has 5 heteroatoms. The summed E-state index contributed by atoms with van der Waals surface area (Å²) in [6.07, 6.45) is 1.69. The van der Waals surface area contributed by atoms with E-state index in [-0.39, 0.29) is 17.2 Å². The van der Waals surface area contributed by atoms with Gasteiger partial charge in [-0.05, 0) is 12.1 Å². The zero-order valence-electron chi connectivity index (χ0n) is 11.5. The summed E-state index contributed by atoms with van der Waals surface area (Å²) in [5.74, 6) is -0.689. The quantitative estimate of drug-likeness (QED) is 0.866. The van der Waals surface area contributed by atoms with Crippen molar-refractivity contribution in [3.8, 4) is 11.3 Å². The summed E-state index contributed by atoms with van der Waals surface area (Å²) in [5.41, 5.74) is 6.39. The Morgan fingerprint density at radius 2 is 2.10 bits per heavy atom. The highest BCUT2D eigenvalue weighted by atomic mass is 19.2. The molecular weight excluding hydrogens is 260 g/mol. The van der Waals surface area contributed by atoms with Crippen molar-refractivity contribution in [2.24, 2.45) is 0 Å². The van der Waals surface area contributed by atoms with E-state index in [0.29, 0.717) is 12.4 Å². The van der Waals surface area contributed by atoms with Crippen LogP contribution in [0.15, 0.2) is 30.9 Å². The van der Waals surface area contributed by atoms with E-state index in [4.69, 9.17) is 5.73 Å². The van der Waals surface area contributed by atoms with Gasteiger partial charge in [0.1, 0.15) is 17.3 Å². The van der Waals surface area contributed by atoms with Crippen LogP contribution in [0.25, 0.3) is 11.3 Å². The van der Waals surface area contributed by atoms with Gasteiger partial charge in [-0.3, -0.25) is 0 Å². The van der Waals surface area contributed by atoms with Gasteiger partial charge in [0.05, 0.1) is 0 Å². The topological polar surface area (TPSA) is 43.8 Å². The fraction of sp³-hybridized carbons (Fsp3) is 0.267. The molecule has 0 atom stereocenters. The van der Waals surface area contributed by atoms with Gasteiger partial charge in [-0.25, -0.2) is 13.8 Å². The van der Waals surface area contributed by atoms with Gasteiger partial charge in [0.2, 0.25) is 0 Å². The van der Waals surface area contributed by atoms with Gasteiger partial charge in [-0.15, -0.1) is 6.58 Å². The molecule has 0 aliphatic carbocycles. The van der Waals surface area contributed by atoms with E-state index in [2.05, 4.69) is 11.6 Å². The van der Waals surface area contributed by atoms with Crippen LogP contribution in [0.5, 0.6) is 0 Å². The highest BCUT2D eigenvalue weighted by Gasteiger charge is 2.21. The molecule has 1 aromatic heterocycles. The standard InChI is InChI=1S/C15H17F2N3/c1-4-8-20-14(18)13(19-15(20)9(2)3)10-6-5-7-11(16)12(10)17/h4-7,9H,1,8,18H2,2-3H3. The molecule has 0 unspecified atom stereocenters. The number of imidazole rings is 1. The van der Waals surface area contributed by atoms with Gasteiger partial charge in [-0.2, -0.15) is 0 Å². The molecule has 106 valence electrons. The van der Waals surface area contributed by atoms with Gasteiger partial charge in [0, 0.05) is 18.0 Å².